The minimum absolute atomic E-state index is 0.138. The normalized spacial score (nSPS) is 11.4. The molecule has 0 amide bonds. The zero-order valence-electron chi connectivity index (χ0n) is 18.9. The third kappa shape index (κ3) is 4.55. The number of methoxy groups -OCH3 is 1. The van der Waals surface area contributed by atoms with Crippen LogP contribution in [0.15, 0.2) is 68.9 Å². The highest BCUT2D eigenvalue weighted by Crippen LogP contribution is 2.32. The van der Waals surface area contributed by atoms with E-state index in [1.165, 1.54) is 39.5 Å². The average molecular weight is 507 g/mol. The third-order valence-electron chi connectivity index (χ3n) is 5.32. The molecule has 5 aromatic rings. The Balaban J connectivity index is 1.59. The van der Waals surface area contributed by atoms with Gasteiger partial charge in [-0.05, 0) is 62.4 Å². The molecule has 0 aliphatic heterocycles. The molecule has 176 valence electrons. The van der Waals surface area contributed by atoms with Gasteiger partial charge in [-0.1, -0.05) is 11.3 Å². The first-order valence-corrected chi connectivity index (χ1v) is 12.2. The number of aryl methyl sites for hydroxylation is 2. The topological polar surface area (TPSA) is 97.5 Å². The maximum atomic E-state index is 13.4. The van der Waals surface area contributed by atoms with E-state index in [4.69, 9.17) is 4.74 Å². The monoisotopic (exact) mass is 506 g/mol. The summed E-state index contributed by atoms with van der Waals surface area (Å²) in [5, 5.41) is 14.3. The van der Waals surface area contributed by atoms with Gasteiger partial charge in [0.05, 0.1) is 24.2 Å². The number of rotatable bonds is 6. The molecule has 0 unspecified atom stereocenters. The van der Waals surface area contributed by atoms with Crippen LogP contribution in [0.4, 0.5) is 15.2 Å². The molecule has 35 heavy (non-hydrogen) atoms. The van der Waals surface area contributed by atoms with Crippen molar-refractivity contribution >= 4 is 33.5 Å². The molecule has 3 aromatic heterocycles. The Kier molecular flexibility index (Phi) is 6.10. The Morgan fingerprint density at radius 2 is 1.71 bits per heavy atom. The molecule has 0 atom stereocenters. The summed E-state index contributed by atoms with van der Waals surface area (Å²) in [6.07, 6.45) is 0. The highest BCUT2D eigenvalue weighted by atomic mass is 32.1. The highest BCUT2D eigenvalue weighted by molar-refractivity contribution is 7.15. The standard InChI is InChI=1S/C24H19FN6O2S2/c1-13-14(2)35-23(26-13)29-28-21-20(16-6-10-18(33-3)11-7-16)30-31(22(21)32)24-27-19(12-34-24)15-4-8-17(25)9-5-15/h4-12,30H,1-3H3. The number of nitrogens with one attached hydrogen (secondary N) is 1. The van der Waals surface area contributed by atoms with Gasteiger partial charge in [-0.3, -0.25) is 9.89 Å². The van der Waals surface area contributed by atoms with Crippen molar-refractivity contribution in [3.05, 3.63) is 80.7 Å². The Bertz CT molecular complexity index is 1560. The fourth-order valence-electron chi connectivity index (χ4n) is 3.33. The minimum atomic E-state index is -0.399. The summed E-state index contributed by atoms with van der Waals surface area (Å²) in [5.41, 5.74) is 3.22. The fraction of sp³-hybridized carbons (Fsp3) is 0.125. The summed E-state index contributed by atoms with van der Waals surface area (Å²) in [4.78, 5) is 23.4. The molecule has 2 aromatic carbocycles. The number of aromatic amines is 1. The summed E-state index contributed by atoms with van der Waals surface area (Å²) in [6, 6.07) is 13.3. The molecule has 5 rings (SSSR count). The molecule has 0 saturated carbocycles. The molecule has 0 spiro atoms. The Hall–Kier alpha value is -3.96. The smallest absolute Gasteiger partial charge is 0.301 e. The first-order chi connectivity index (χ1) is 16.9. The van der Waals surface area contributed by atoms with Crippen molar-refractivity contribution < 1.29 is 9.13 Å². The quantitative estimate of drug-likeness (QED) is 0.263. The predicted octanol–water partition coefficient (Wildman–Crippen LogP) is 6.59. The minimum Gasteiger partial charge on any atom is -0.497 e. The van der Waals surface area contributed by atoms with Crippen LogP contribution in [0.3, 0.4) is 0 Å². The van der Waals surface area contributed by atoms with E-state index >= 15 is 0 Å². The van der Waals surface area contributed by atoms with Crippen LogP contribution >= 0.6 is 22.7 Å². The van der Waals surface area contributed by atoms with Gasteiger partial charge in [0.2, 0.25) is 10.3 Å². The van der Waals surface area contributed by atoms with E-state index in [1.54, 1.807) is 31.4 Å². The largest absolute Gasteiger partial charge is 0.497 e. The summed E-state index contributed by atoms with van der Waals surface area (Å²) in [6.45, 7) is 3.86. The van der Waals surface area contributed by atoms with Gasteiger partial charge in [0.1, 0.15) is 11.6 Å². The Morgan fingerprint density at radius 3 is 2.37 bits per heavy atom. The first kappa shape index (κ1) is 22.8. The lowest BCUT2D eigenvalue weighted by Crippen LogP contribution is -2.13. The van der Waals surface area contributed by atoms with E-state index in [1.807, 2.05) is 31.4 Å². The van der Waals surface area contributed by atoms with Crippen LogP contribution in [0.5, 0.6) is 5.75 Å². The van der Waals surface area contributed by atoms with Crippen molar-refractivity contribution in [3.63, 3.8) is 0 Å². The van der Waals surface area contributed by atoms with Crippen molar-refractivity contribution in [2.24, 2.45) is 10.2 Å². The molecule has 11 heteroatoms. The van der Waals surface area contributed by atoms with Crippen molar-refractivity contribution in [3.8, 4) is 33.4 Å². The van der Waals surface area contributed by atoms with Gasteiger partial charge < -0.3 is 4.74 Å². The first-order valence-electron chi connectivity index (χ1n) is 10.5. The van der Waals surface area contributed by atoms with Gasteiger partial charge >= 0.3 is 5.56 Å². The summed E-state index contributed by atoms with van der Waals surface area (Å²) in [7, 11) is 1.59. The molecule has 0 saturated heterocycles. The zero-order valence-corrected chi connectivity index (χ0v) is 20.6. The van der Waals surface area contributed by atoms with Crippen LogP contribution in [0.2, 0.25) is 0 Å². The van der Waals surface area contributed by atoms with Crippen LogP contribution in [0.1, 0.15) is 10.6 Å². The second kappa shape index (κ2) is 9.35. The van der Waals surface area contributed by atoms with E-state index in [9.17, 15) is 9.18 Å². The predicted molar refractivity (Wildman–Crippen MR) is 135 cm³/mol. The molecule has 3 heterocycles. The average Bonchev–Trinajstić information content (AvgIpc) is 3.56. The number of nitrogens with zero attached hydrogens (tertiary/aromatic N) is 5. The molecule has 8 nitrogen and oxygen atoms in total. The number of hydrogen-bond acceptors (Lipinski definition) is 8. The van der Waals surface area contributed by atoms with Crippen LogP contribution in [-0.2, 0) is 0 Å². The number of azo groups is 1. The fourth-order valence-corrected chi connectivity index (χ4v) is 4.85. The molecule has 1 N–H and O–H groups in total. The van der Waals surface area contributed by atoms with Crippen molar-refractivity contribution in [1.29, 1.82) is 0 Å². The number of halogens is 1. The number of hydrogen-bond donors (Lipinski definition) is 1. The van der Waals surface area contributed by atoms with Gasteiger partial charge in [0.15, 0.2) is 5.69 Å². The molecular formula is C24H19FN6O2S2. The van der Waals surface area contributed by atoms with E-state index in [0.29, 0.717) is 27.4 Å². The molecular weight excluding hydrogens is 487 g/mol. The van der Waals surface area contributed by atoms with Crippen molar-refractivity contribution in [1.82, 2.24) is 19.7 Å². The highest BCUT2D eigenvalue weighted by Gasteiger charge is 2.19. The molecule has 0 aliphatic carbocycles. The number of benzene rings is 2. The van der Waals surface area contributed by atoms with E-state index in [0.717, 1.165) is 21.7 Å². The number of aromatic nitrogens is 4. The summed E-state index contributed by atoms with van der Waals surface area (Å²) >= 11 is 2.69. The van der Waals surface area contributed by atoms with Crippen molar-refractivity contribution in [2.75, 3.05) is 7.11 Å². The SMILES string of the molecule is COc1ccc(-c2[nH]n(-c3nc(-c4ccc(F)cc4)cs3)c(=O)c2N=Nc2nc(C)c(C)s2)cc1. The lowest BCUT2D eigenvalue weighted by Gasteiger charge is -2.02. The molecule has 0 fully saturated rings. The number of ether oxygens (including phenoxy) is 1. The van der Waals surface area contributed by atoms with Gasteiger partial charge in [0, 0.05) is 21.4 Å². The number of thiazole rings is 2. The lowest BCUT2D eigenvalue weighted by molar-refractivity contribution is 0.415. The van der Waals surface area contributed by atoms with E-state index in [-0.39, 0.29) is 11.5 Å². The van der Waals surface area contributed by atoms with Gasteiger partial charge in [-0.2, -0.15) is 4.68 Å². The van der Waals surface area contributed by atoms with E-state index < -0.39 is 5.56 Å². The lowest BCUT2D eigenvalue weighted by atomic mass is 10.1. The Morgan fingerprint density at radius 1 is 1.00 bits per heavy atom. The van der Waals surface area contributed by atoms with Crippen molar-refractivity contribution in [2.45, 2.75) is 13.8 Å². The van der Waals surface area contributed by atoms with Crippen LogP contribution in [0.25, 0.3) is 27.6 Å². The third-order valence-corrected chi connectivity index (χ3v) is 7.10. The summed E-state index contributed by atoms with van der Waals surface area (Å²) in [5.74, 6) is 0.367. The second-order valence-corrected chi connectivity index (χ2v) is 9.58. The zero-order chi connectivity index (χ0) is 24.5. The number of H-pyrrole nitrogens is 1. The van der Waals surface area contributed by atoms with E-state index in [2.05, 4.69) is 25.3 Å². The van der Waals surface area contributed by atoms with Crippen LogP contribution < -0.4 is 10.3 Å². The van der Waals surface area contributed by atoms with Crippen LogP contribution in [0, 0.1) is 19.7 Å². The maximum absolute atomic E-state index is 13.4. The summed E-state index contributed by atoms with van der Waals surface area (Å²) < 4.78 is 19.9. The van der Waals surface area contributed by atoms with Gasteiger partial charge in [-0.15, -0.1) is 21.6 Å². The van der Waals surface area contributed by atoms with Gasteiger partial charge in [-0.25, -0.2) is 14.4 Å². The van der Waals surface area contributed by atoms with Crippen LogP contribution in [-0.4, -0.2) is 26.9 Å². The maximum Gasteiger partial charge on any atom is 0.301 e. The van der Waals surface area contributed by atoms with Gasteiger partial charge in [0.25, 0.3) is 0 Å². The molecule has 0 radical (unpaired) electrons. The molecule has 0 aliphatic rings. The molecule has 0 bridgehead atoms. The second-order valence-electron chi connectivity index (χ2n) is 7.56. The Labute approximate surface area is 207 Å².